The van der Waals surface area contributed by atoms with Crippen LogP contribution in [0.2, 0.25) is 0 Å². The van der Waals surface area contributed by atoms with Crippen LogP contribution in [0.3, 0.4) is 0 Å². The van der Waals surface area contributed by atoms with Gasteiger partial charge in [-0.15, -0.1) is 0 Å². The maximum absolute atomic E-state index is 9.86. The Morgan fingerprint density at radius 2 is 2.17 bits per heavy atom. The molecule has 2 N–H and O–H groups in total. The molecule has 0 radical (unpaired) electrons. The molecule has 4 heterocycles. The summed E-state index contributed by atoms with van der Waals surface area (Å²) in [6.07, 6.45) is 3.55. The van der Waals surface area contributed by atoms with Crippen LogP contribution in [0, 0.1) is 5.41 Å². The van der Waals surface area contributed by atoms with Gasteiger partial charge in [0.15, 0.2) is 17.0 Å². The summed E-state index contributed by atoms with van der Waals surface area (Å²) >= 11 is 0. The second-order valence-corrected chi connectivity index (χ2v) is 6.68. The number of nitrogens with zero attached hydrogens (tertiary/aromatic N) is 5. The average Bonchev–Trinajstić information content (AvgIpc) is 3.12. The van der Waals surface area contributed by atoms with Gasteiger partial charge >= 0.3 is 0 Å². The van der Waals surface area contributed by atoms with Gasteiger partial charge in [-0.25, -0.2) is 15.0 Å². The fourth-order valence-electron chi connectivity index (χ4n) is 3.53. The largest absolute Gasteiger partial charge is 0.394 e. The SMILES string of the molecule is C[C@@H](O)[C@H](CO)n1cnc2c(N3CCC4(COC4)C3)ncnc21. The minimum absolute atomic E-state index is 0.174. The molecule has 2 aliphatic rings. The van der Waals surface area contributed by atoms with Gasteiger partial charge in [0.2, 0.25) is 0 Å². The summed E-state index contributed by atoms with van der Waals surface area (Å²) < 4.78 is 7.10. The number of hydrogen-bond donors (Lipinski definition) is 2. The summed E-state index contributed by atoms with van der Waals surface area (Å²) in [6.45, 7) is 4.97. The molecule has 23 heavy (non-hydrogen) atoms. The lowest BCUT2D eigenvalue weighted by Crippen LogP contribution is -2.44. The summed E-state index contributed by atoms with van der Waals surface area (Å²) in [5.74, 6) is 0.819. The highest BCUT2D eigenvalue weighted by molar-refractivity contribution is 5.83. The molecule has 0 aromatic carbocycles. The molecule has 0 amide bonds. The van der Waals surface area contributed by atoms with E-state index >= 15 is 0 Å². The molecule has 0 unspecified atom stereocenters. The van der Waals surface area contributed by atoms with Gasteiger partial charge in [0.25, 0.3) is 0 Å². The molecule has 4 rings (SSSR count). The summed E-state index contributed by atoms with van der Waals surface area (Å²) in [7, 11) is 0. The molecule has 0 saturated carbocycles. The van der Waals surface area contributed by atoms with E-state index in [4.69, 9.17) is 4.74 Å². The Hall–Kier alpha value is -1.77. The van der Waals surface area contributed by atoms with Crippen molar-refractivity contribution >= 4 is 17.0 Å². The van der Waals surface area contributed by atoms with Gasteiger partial charge in [0.1, 0.15) is 6.33 Å². The van der Waals surface area contributed by atoms with Gasteiger partial charge in [0.05, 0.1) is 38.3 Å². The summed E-state index contributed by atoms with van der Waals surface area (Å²) in [5.41, 5.74) is 1.62. The van der Waals surface area contributed by atoms with Crippen LogP contribution < -0.4 is 4.90 Å². The first-order valence-corrected chi connectivity index (χ1v) is 7.93. The van der Waals surface area contributed by atoms with Crippen molar-refractivity contribution in [1.29, 1.82) is 0 Å². The maximum Gasteiger partial charge on any atom is 0.165 e. The molecular weight excluding hydrogens is 298 g/mol. The molecule has 2 saturated heterocycles. The van der Waals surface area contributed by atoms with Crippen LogP contribution in [0.25, 0.3) is 11.2 Å². The van der Waals surface area contributed by atoms with Crippen molar-refractivity contribution < 1.29 is 14.9 Å². The predicted molar refractivity (Wildman–Crippen MR) is 83.2 cm³/mol. The van der Waals surface area contributed by atoms with E-state index in [2.05, 4.69) is 19.9 Å². The minimum atomic E-state index is -0.696. The van der Waals surface area contributed by atoms with Gasteiger partial charge in [-0.1, -0.05) is 0 Å². The molecule has 124 valence electrons. The molecule has 2 atom stereocenters. The third-order valence-electron chi connectivity index (χ3n) is 5.00. The van der Waals surface area contributed by atoms with Gasteiger partial charge in [-0.2, -0.15) is 0 Å². The van der Waals surface area contributed by atoms with Crippen LogP contribution in [-0.2, 0) is 4.74 Å². The molecule has 1 spiro atoms. The monoisotopic (exact) mass is 319 g/mol. The third-order valence-corrected chi connectivity index (χ3v) is 5.00. The van der Waals surface area contributed by atoms with Crippen LogP contribution in [0.5, 0.6) is 0 Å². The van der Waals surface area contributed by atoms with Crippen molar-refractivity contribution in [2.45, 2.75) is 25.5 Å². The molecule has 0 bridgehead atoms. The van der Waals surface area contributed by atoms with E-state index in [9.17, 15) is 10.2 Å². The molecule has 2 aromatic rings. The summed E-state index contributed by atoms with van der Waals surface area (Å²) in [6, 6.07) is -0.465. The highest BCUT2D eigenvalue weighted by Gasteiger charge is 2.45. The average molecular weight is 319 g/mol. The predicted octanol–water partition coefficient (Wildman–Crippen LogP) is -0.0328. The Morgan fingerprint density at radius 1 is 1.35 bits per heavy atom. The maximum atomic E-state index is 9.86. The second-order valence-electron chi connectivity index (χ2n) is 6.68. The van der Waals surface area contributed by atoms with Crippen LogP contribution >= 0.6 is 0 Å². The molecule has 2 aromatic heterocycles. The Morgan fingerprint density at radius 3 is 2.78 bits per heavy atom. The standard InChI is InChI=1S/C15H21N5O3/c1-10(22)11(4-21)20-9-18-12-13(16-8-17-14(12)20)19-3-2-15(5-19)6-23-7-15/h8-11,21-22H,2-7H2,1H3/t10-,11+/m1/s1. The van der Waals surface area contributed by atoms with Crippen LogP contribution in [0.4, 0.5) is 5.82 Å². The lowest BCUT2D eigenvalue weighted by molar-refractivity contribution is -0.0985. The number of hydrogen-bond acceptors (Lipinski definition) is 7. The van der Waals surface area contributed by atoms with Gasteiger partial charge < -0.3 is 24.4 Å². The van der Waals surface area contributed by atoms with Crippen LogP contribution in [0.15, 0.2) is 12.7 Å². The number of aliphatic hydroxyl groups excluding tert-OH is 2. The van der Waals surface area contributed by atoms with Crippen molar-refractivity contribution in [3.8, 4) is 0 Å². The van der Waals surface area contributed by atoms with Crippen molar-refractivity contribution in [2.24, 2.45) is 5.41 Å². The quantitative estimate of drug-likeness (QED) is 0.816. The summed E-state index contributed by atoms with van der Waals surface area (Å²) in [4.78, 5) is 15.4. The fraction of sp³-hybridized carbons (Fsp3) is 0.667. The fourth-order valence-corrected chi connectivity index (χ4v) is 3.53. The first kappa shape index (κ1) is 14.8. The van der Waals surface area contributed by atoms with Crippen molar-refractivity contribution in [1.82, 2.24) is 19.5 Å². The molecule has 2 aliphatic heterocycles. The Bertz CT molecular complexity index is 712. The van der Waals surface area contributed by atoms with E-state index in [-0.39, 0.29) is 12.0 Å². The zero-order valence-electron chi connectivity index (χ0n) is 13.1. The number of imidazole rings is 1. The highest BCUT2D eigenvalue weighted by Crippen LogP contribution is 2.40. The molecule has 8 nitrogen and oxygen atoms in total. The van der Waals surface area contributed by atoms with Crippen LogP contribution in [0.1, 0.15) is 19.4 Å². The highest BCUT2D eigenvalue weighted by atomic mass is 16.5. The minimum Gasteiger partial charge on any atom is -0.394 e. The molecule has 0 aliphatic carbocycles. The smallest absolute Gasteiger partial charge is 0.165 e. The number of aromatic nitrogens is 4. The third kappa shape index (κ3) is 2.29. The number of fused-ring (bicyclic) bond motifs is 1. The van der Waals surface area contributed by atoms with E-state index in [0.29, 0.717) is 11.2 Å². The number of anilines is 1. The van der Waals surface area contributed by atoms with Crippen molar-refractivity contribution in [3.05, 3.63) is 12.7 Å². The van der Waals surface area contributed by atoms with Gasteiger partial charge in [0, 0.05) is 18.5 Å². The van der Waals surface area contributed by atoms with E-state index in [1.807, 2.05) is 0 Å². The second kappa shape index (κ2) is 5.40. The Kier molecular flexibility index (Phi) is 3.47. The van der Waals surface area contributed by atoms with Crippen LogP contribution in [-0.4, -0.2) is 68.7 Å². The lowest BCUT2D eigenvalue weighted by atomic mass is 9.85. The number of ether oxygens (including phenoxy) is 1. The van der Waals surface area contributed by atoms with Gasteiger partial charge in [-0.3, -0.25) is 0 Å². The normalized spacial score (nSPS) is 22.5. The zero-order chi connectivity index (χ0) is 16.0. The van der Waals surface area contributed by atoms with E-state index < -0.39 is 12.1 Å². The van der Waals surface area contributed by atoms with E-state index in [1.165, 1.54) is 6.33 Å². The molecular formula is C15H21N5O3. The Labute approximate surface area is 133 Å². The molecule has 2 fully saturated rings. The lowest BCUT2D eigenvalue weighted by Gasteiger charge is -2.37. The first-order chi connectivity index (χ1) is 11.1. The van der Waals surface area contributed by atoms with E-state index in [0.717, 1.165) is 38.5 Å². The van der Waals surface area contributed by atoms with Gasteiger partial charge in [-0.05, 0) is 13.3 Å². The number of aliphatic hydroxyl groups is 2. The first-order valence-electron chi connectivity index (χ1n) is 7.93. The van der Waals surface area contributed by atoms with E-state index in [1.54, 1.807) is 17.8 Å². The number of rotatable bonds is 4. The van der Waals surface area contributed by atoms with Crippen molar-refractivity contribution in [2.75, 3.05) is 37.8 Å². The van der Waals surface area contributed by atoms with Crippen molar-refractivity contribution in [3.63, 3.8) is 0 Å². The summed E-state index contributed by atoms with van der Waals surface area (Å²) in [5, 5.41) is 19.4. The molecule has 8 heteroatoms. The topological polar surface area (TPSA) is 96.5 Å². The Balaban J connectivity index is 1.70. The zero-order valence-corrected chi connectivity index (χ0v) is 13.1.